The van der Waals surface area contributed by atoms with Gasteiger partial charge in [-0.05, 0) is 51.0 Å². The molecule has 1 aliphatic carbocycles. The van der Waals surface area contributed by atoms with Crippen LogP contribution in [0.25, 0.3) is 0 Å². The molecule has 1 amide bonds. The average Bonchev–Trinajstić information content (AvgIpc) is 3.24. The summed E-state index contributed by atoms with van der Waals surface area (Å²) in [5, 5.41) is 3.25. The molecule has 0 aromatic rings. The molecular formula is C16H29N3O. The normalized spacial score (nSPS) is 30.4. The van der Waals surface area contributed by atoms with Gasteiger partial charge in [-0.3, -0.25) is 9.69 Å². The van der Waals surface area contributed by atoms with Crippen LogP contribution in [-0.4, -0.2) is 60.5 Å². The van der Waals surface area contributed by atoms with Gasteiger partial charge in [0.2, 0.25) is 5.91 Å². The van der Waals surface area contributed by atoms with Crippen LogP contribution >= 0.6 is 0 Å². The molecule has 1 saturated carbocycles. The Morgan fingerprint density at radius 3 is 2.50 bits per heavy atom. The molecule has 4 nitrogen and oxygen atoms in total. The third-order valence-corrected chi connectivity index (χ3v) is 5.07. The Hall–Kier alpha value is -0.610. The maximum absolute atomic E-state index is 12.1. The van der Waals surface area contributed by atoms with E-state index in [1.807, 2.05) is 0 Å². The van der Waals surface area contributed by atoms with Crippen LogP contribution in [0.4, 0.5) is 0 Å². The molecule has 0 bridgehead atoms. The van der Waals surface area contributed by atoms with Crippen molar-refractivity contribution >= 4 is 5.91 Å². The van der Waals surface area contributed by atoms with E-state index in [9.17, 15) is 4.79 Å². The summed E-state index contributed by atoms with van der Waals surface area (Å²) in [6, 6.07) is 1.29. The zero-order chi connectivity index (χ0) is 13.9. The molecule has 0 radical (unpaired) electrons. The number of nitrogens with one attached hydrogen (secondary N) is 1. The van der Waals surface area contributed by atoms with E-state index in [0.717, 1.165) is 37.9 Å². The summed E-state index contributed by atoms with van der Waals surface area (Å²) in [4.78, 5) is 17.1. The van der Waals surface area contributed by atoms with Gasteiger partial charge >= 0.3 is 0 Å². The molecule has 3 aliphatic rings. The van der Waals surface area contributed by atoms with E-state index in [4.69, 9.17) is 0 Å². The summed E-state index contributed by atoms with van der Waals surface area (Å²) in [5.41, 5.74) is 0. The zero-order valence-corrected chi connectivity index (χ0v) is 12.8. The molecule has 0 spiro atoms. The molecule has 1 N–H and O–H groups in total. The van der Waals surface area contributed by atoms with Gasteiger partial charge in [-0.2, -0.15) is 0 Å². The second-order valence-corrected chi connectivity index (χ2v) is 7.09. The minimum absolute atomic E-state index is 0.240. The van der Waals surface area contributed by atoms with Gasteiger partial charge in [0, 0.05) is 31.7 Å². The number of hydrogen-bond acceptors (Lipinski definition) is 3. The van der Waals surface area contributed by atoms with Crippen molar-refractivity contribution in [1.29, 1.82) is 0 Å². The fourth-order valence-corrected chi connectivity index (χ4v) is 3.76. The van der Waals surface area contributed by atoms with Gasteiger partial charge < -0.3 is 10.2 Å². The smallest absolute Gasteiger partial charge is 0.234 e. The molecule has 114 valence electrons. The van der Waals surface area contributed by atoms with Gasteiger partial charge in [-0.15, -0.1) is 0 Å². The number of piperidine rings is 2. The van der Waals surface area contributed by atoms with Crippen LogP contribution in [0.15, 0.2) is 0 Å². The summed E-state index contributed by atoms with van der Waals surface area (Å²) in [6.07, 6.45) is 7.62. The van der Waals surface area contributed by atoms with E-state index in [1.54, 1.807) is 0 Å². The first-order valence-electron chi connectivity index (χ1n) is 8.46. The van der Waals surface area contributed by atoms with Crippen molar-refractivity contribution in [2.45, 2.75) is 57.5 Å². The van der Waals surface area contributed by atoms with E-state index >= 15 is 0 Å². The molecule has 3 rings (SSSR count). The van der Waals surface area contributed by atoms with E-state index in [0.29, 0.717) is 12.6 Å². The van der Waals surface area contributed by atoms with Crippen molar-refractivity contribution in [3.8, 4) is 0 Å². The largest absolute Gasteiger partial charge is 0.352 e. The van der Waals surface area contributed by atoms with Crippen molar-refractivity contribution in [1.82, 2.24) is 15.1 Å². The molecule has 0 aromatic carbocycles. The number of carbonyl (C=O) groups excluding carboxylic acids is 1. The number of likely N-dealkylation sites (tertiary alicyclic amines) is 2. The Balaban J connectivity index is 1.36. The van der Waals surface area contributed by atoms with Crippen LogP contribution in [0.2, 0.25) is 0 Å². The predicted molar refractivity (Wildman–Crippen MR) is 80.6 cm³/mol. The summed E-state index contributed by atoms with van der Waals surface area (Å²) < 4.78 is 0. The highest BCUT2D eigenvalue weighted by molar-refractivity contribution is 5.78. The van der Waals surface area contributed by atoms with Gasteiger partial charge in [0.25, 0.3) is 0 Å². The molecule has 2 heterocycles. The van der Waals surface area contributed by atoms with Crippen molar-refractivity contribution in [2.24, 2.45) is 5.92 Å². The highest BCUT2D eigenvalue weighted by Crippen LogP contribution is 2.29. The number of amides is 1. The molecule has 2 saturated heterocycles. The van der Waals surface area contributed by atoms with Gasteiger partial charge in [0.05, 0.1) is 6.54 Å². The molecule has 1 atom stereocenters. The maximum Gasteiger partial charge on any atom is 0.234 e. The number of nitrogens with zero attached hydrogens (tertiary/aromatic N) is 2. The van der Waals surface area contributed by atoms with Crippen molar-refractivity contribution in [3.63, 3.8) is 0 Å². The molecule has 4 heteroatoms. The molecule has 3 fully saturated rings. The average molecular weight is 279 g/mol. The number of rotatable bonds is 4. The predicted octanol–water partition coefficient (Wildman–Crippen LogP) is 1.46. The minimum atomic E-state index is 0.240. The van der Waals surface area contributed by atoms with E-state index in [1.165, 1.54) is 38.8 Å². The Kier molecular flexibility index (Phi) is 4.61. The van der Waals surface area contributed by atoms with Gasteiger partial charge in [-0.1, -0.05) is 6.92 Å². The SMILES string of the molecule is CC1CCCN(CC(=O)NC2CCN(C3CC3)CC2)C1. The van der Waals surface area contributed by atoms with Crippen LogP contribution in [0, 0.1) is 5.92 Å². The lowest BCUT2D eigenvalue weighted by molar-refractivity contribution is -0.123. The first kappa shape index (κ1) is 14.3. The lowest BCUT2D eigenvalue weighted by Crippen LogP contribution is -2.49. The lowest BCUT2D eigenvalue weighted by Gasteiger charge is -2.34. The second-order valence-electron chi connectivity index (χ2n) is 7.09. The fraction of sp³-hybridized carbons (Fsp3) is 0.938. The van der Waals surface area contributed by atoms with Crippen LogP contribution in [0.5, 0.6) is 0 Å². The second kappa shape index (κ2) is 6.44. The molecule has 2 aliphatic heterocycles. The van der Waals surface area contributed by atoms with E-state index < -0.39 is 0 Å². The van der Waals surface area contributed by atoms with Crippen LogP contribution in [0.1, 0.15) is 45.4 Å². The summed E-state index contributed by atoms with van der Waals surface area (Å²) >= 11 is 0. The van der Waals surface area contributed by atoms with Crippen molar-refractivity contribution in [2.75, 3.05) is 32.7 Å². The van der Waals surface area contributed by atoms with Crippen LogP contribution < -0.4 is 5.32 Å². The lowest BCUT2D eigenvalue weighted by atomic mass is 10.0. The Labute approximate surface area is 122 Å². The molecule has 20 heavy (non-hydrogen) atoms. The third kappa shape index (κ3) is 3.95. The third-order valence-electron chi connectivity index (χ3n) is 5.07. The first-order valence-corrected chi connectivity index (χ1v) is 8.46. The maximum atomic E-state index is 12.1. The van der Waals surface area contributed by atoms with Crippen LogP contribution in [0.3, 0.4) is 0 Å². The number of carbonyl (C=O) groups is 1. The Morgan fingerprint density at radius 2 is 1.85 bits per heavy atom. The quantitative estimate of drug-likeness (QED) is 0.846. The first-order chi connectivity index (χ1) is 9.70. The highest BCUT2D eigenvalue weighted by Gasteiger charge is 2.32. The standard InChI is InChI=1S/C16H29N3O/c1-13-3-2-8-18(11-13)12-16(20)17-14-6-9-19(10-7-14)15-4-5-15/h13-15H,2-12H2,1H3,(H,17,20). The van der Waals surface area contributed by atoms with Crippen molar-refractivity contribution in [3.05, 3.63) is 0 Å². The van der Waals surface area contributed by atoms with E-state index in [-0.39, 0.29) is 5.91 Å². The topological polar surface area (TPSA) is 35.6 Å². The Bertz CT molecular complexity index is 335. The van der Waals surface area contributed by atoms with Gasteiger partial charge in [-0.25, -0.2) is 0 Å². The Morgan fingerprint density at radius 1 is 1.10 bits per heavy atom. The molecule has 1 unspecified atom stereocenters. The van der Waals surface area contributed by atoms with E-state index in [2.05, 4.69) is 22.0 Å². The molecule has 0 aromatic heterocycles. The van der Waals surface area contributed by atoms with Crippen LogP contribution in [-0.2, 0) is 4.79 Å². The zero-order valence-electron chi connectivity index (χ0n) is 12.8. The molecular weight excluding hydrogens is 250 g/mol. The summed E-state index contributed by atoms with van der Waals surface area (Å²) in [6.45, 7) is 7.43. The monoisotopic (exact) mass is 279 g/mol. The summed E-state index contributed by atoms with van der Waals surface area (Å²) in [7, 11) is 0. The minimum Gasteiger partial charge on any atom is -0.352 e. The van der Waals surface area contributed by atoms with Gasteiger partial charge in [0.15, 0.2) is 0 Å². The summed E-state index contributed by atoms with van der Waals surface area (Å²) in [5.74, 6) is 0.988. The number of hydrogen-bond donors (Lipinski definition) is 1. The fourth-order valence-electron chi connectivity index (χ4n) is 3.76. The van der Waals surface area contributed by atoms with Crippen molar-refractivity contribution < 1.29 is 4.79 Å². The highest BCUT2D eigenvalue weighted by atomic mass is 16.2. The van der Waals surface area contributed by atoms with Gasteiger partial charge in [0.1, 0.15) is 0 Å².